The van der Waals surface area contributed by atoms with Gasteiger partial charge in [-0.3, -0.25) is 8.65 Å². The van der Waals surface area contributed by atoms with E-state index in [1.165, 1.54) is 9.12 Å². The molecule has 116 valence electrons. The Morgan fingerprint density at radius 2 is 2.27 bits per heavy atom. The van der Waals surface area contributed by atoms with Gasteiger partial charge in [-0.05, 0) is 13.0 Å². The highest BCUT2D eigenvalue weighted by molar-refractivity contribution is 14.2. The Labute approximate surface area is 148 Å². The van der Waals surface area contributed by atoms with Crippen molar-refractivity contribution in [3.63, 3.8) is 0 Å². The Bertz CT molecular complexity index is 819. The zero-order chi connectivity index (χ0) is 15.7. The molecule has 3 heterocycles. The van der Waals surface area contributed by atoms with Gasteiger partial charge >= 0.3 is 0 Å². The maximum Gasteiger partial charge on any atom is 0.232 e. The van der Waals surface area contributed by atoms with E-state index in [2.05, 4.69) is 41.6 Å². The third kappa shape index (κ3) is 2.84. The van der Waals surface area contributed by atoms with Crippen molar-refractivity contribution < 1.29 is 4.74 Å². The SMILES string of the molecule is CCOc1nc(Nc2cnn(C)c2Cl)nc2c1ccn2SI. The molecule has 0 atom stereocenters. The molecule has 7 nitrogen and oxygen atoms in total. The fourth-order valence-corrected chi connectivity index (χ4v) is 3.35. The van der Waals surface area contributed by atoms with Gasteiger partial charge in [0.05, 0.1) is 23.9 Å². The third-order valence-electron chi connectivity index (χ3n) is 2.94. The van der Waals surface area contributed by atoms with Crippen molar-refractivity contribution in [2.75, 3.05) is 11.9 Å². The van der Waals surface area contributed by atoms with Crippen LogP contribution in [0.15, 0.2) is 18.5 Å². The standard InChI is InChI=1S/C12H12ClIN6OS/c1-3-21-11-7-4-5-20(22-14)10(7)17-12(18-11)16-8-6-15-19(2)9(8)13/h4-6H,3H2,1-2H3,(H,16,17,18). The van der Waals surface area contributed by atoms with E-state index in [1.54, 1.807) is 17.9 Å². The molecular weight excluding hydrogens is 439 g/mol. The van der Waals surface area contributed by atoms with Crippen molar-refractivity contribution in [3.8, 4) is 5.88 Å². The van der Waals surface area contributed by atoms with E-state index in [-0.39, 0.29) is 0 Å². The van der Waals surface area contributed by atoms with Crippen molar-refractivity contribution in [2.24, 2.45) is 7.05 Å². The van der Waals surface area contributed by atoms with Crippen LogP contribution in [0.25, 0.3) is 11.0 Å². The minimum absolute atomic E-state index is 0.413. The maximum atomic E-state index is 6.16. The highest BCUT2D eigenvalue weighted by Crippen LogP contribution is 2.31. The monoisotopic (exact) mass is 450 g/mol. The molecular formula is C12H12ClIN6OS. The van der Waals surface area contributed by atoms with E-state index in [4.69, 9.17) is 16.3 Å². The zero-order valence-corrected chi connectivity index (χ0v) is 15.5. The van der Waals surface area contributed by atoms with Crippen molar-refractivity contribution in [3.05, 3.63) is 23.6 Å². The van der Waals surface area contributed by atoms with Gasteiger partial charge in [-0.25, -0.2) is 0 Å². The lowest BCUT2D eigenvalue weighted by molar-refractivity contribution is 0.331. The summed E-state index contributed by atoms with van der Waals surface area (Å²) in [5, 5.41) is 8.52. The first-order valence-electron chi connectivity index (χ1n) is 6.39. The number of rotatable bonds is 5. The highest BCUT2D eigenvalue weighted by atomic mass is 127. The van der Waals surface area contributed by atoms with Gasteiger partial charge in [0.25, 0.3) is 0 Å². The summed E-state index contributed by atoms with van der Waals surface area (Å²) in [7, 11) is 3.29. The van der Waals surface area contributed by atoms with Gasteiger partial charge in [0, 0.05) is 43.6 Å². The Morgan fingerprint density at radius 3 is 2.91 bits per heavy atom. The third-order valence-corrected chi connectivity index (χ3v) is 5.11. The van der Waals surface area contributed by atoms with E-state index in [0.717, 1.165) is 11.0 Å². The van der Waals surface area contributed by atoms with E-state index in [9.17, 15) is 0 Å². The lowest BCUT2D eigenvalue weighted by Crippen LogP contribution is -2.02. The molecule has 0 bridgehead atoms. The summed E-state index contributed by atoms with van der Waals surface area (Å²) in [5.74, 6) is 0.954. The van der Waals surface area contributed by atoms with Crippen molar-refractivity contribution in [2.45, 2.75) is 6.92 Å². The summed E-state index contributed by atoms with van der Waals surface area (Å²) in [4.78, 5) is 8.95. The second-order valence-electron chi connectivity index (χ2n) is 4.33. The molecule has 0 aromatic carbocycles. The van der Waals surface area contributed by atoms with Crippen molar-refractivity contribution >= 4 is 64.6 Å². The molecule has 0 amide bonds. The van der Waals surface area contributed by atoms with E-state index >= 15 is 0 Å². The molecule has 0 saturated heterocycles. The van der Waals surface area contributed by atoms with Crippen LogP contribution in [0.5, 0.6) is 5.88 Å². The normalized spacial score (nSPS) is 11.1. The average molecular weight is 451 g/mol. The average Bonchev–Trinajstić information content (AvgIpc) is 3.06. The number of hydrogen-bond acceptors (Lipinski definition) is 6. The maximum absolute atomic E-state index is 6.16. The van der Waals surface area contributed by atoms with Crippen LogP contribution >= 0.6 is 41.9 Å². The predicted octanol–water partition coefficient (Wildman–Crippen LogP) is 3.81. The summed E-state index contributed by atoms with van der Waals surface area (Å²) >= 11 is 8.35. The number of aryl methyl sites for hydroxylation is 1. The molecule has 0 radical (unpaired) electrons. The summed E-state index contributed by atoms with van der Waals surface area (Å²) in [6.45, 7) is 2.45. The summed E-state index contributed by atoms with van der Waals surface area (Å²) in [6.07, 6.45) is 3.56. The van der Waals surface area contributed by atoms with E-state index < -0.39 is 0 Å². The Balaban J connectivity index is 2.07. The van der Waals surface area contributed by atoms with Crippen LogP contribution in [-0.2, 0) is 7.05 Å². The van der Waals surface area contributed by atoms with Gasteiger partial charge in [-0.1, -0.05) is 11.6 Å². The van der Waals surface area contributed by atoms with Crippen LogP contribution in [0, 0.1) is 0 Å². The van der Waals surface area contributed by atoms with Gasteiger partial charge in [0.2, 0.25) is 11.8 Å². The topological polar surface area (TPSA) is 69.8 Å². The zero-order valence-electron chi connectivity index (χ0n) is 11.7. The van der Waals surface area contributed by atoms with Crippen LogP contribution in [0.1, 0.15) is 6.92 Å². The van der Waals surface area contributed by atoms with Gasteiger partial charge in [0.1, 0.15) is 5.15 Å². The van der Waals surface area contributed by atoms with Gasteiger partial charge < -0.3 is 10.1 Å². The van der Waals surface area contributed by atoms with Crippen molar-refractivity contribution in [1.29, 1.82) is 0 Å². The summed E-state index contributed by atoms with van der Waals surface area (Å²) < 4.78 is 9.13. The fourth-order valence-electron chi connectivity index (χ4n) is 1.95. The quantitative estimate of drug-likeness (QED) is 0.596. The largest absolute Gasteiger partial charge is 0.477 e. The minimum atomic E-state index is 0.413. The molecule has 3 aromatic rings. The first-order valence-corrected chi connectivity index (χ1v) is 10.1. The number of aromatic nitrogens is 5. The molecule has 10 heteroatoms. The number of ether oxygens (including phenoxy) is 1. The Kier molecular flexibility index (Phi) is 4.64. The van der Waals surface area contributed by atoms with Crippen molar-refractivity contribution in [1.82, 2.24) is 23.7 Å². The highest BCUT2D eigenvalue weighted by Gasteiger charge is 2.14. The number of hydrogen-bond donors (Lipinski definition) is 1. The Hall–Kier alpha value is -1.20. The lowest BCUT2D eigenvalue weighted by Gasteiger charge is -2.08. The summed E-state index contributed by atoms with van der Waals surface area (Å²) in [5.41, 5.74) is 1.42. The molecule has 0 fully saturated rings. The van der Waals surface area contributed by atoms with Gasteiger partial charge in [-0.2, -0.15) is 15.1 Å². The van der Waals surface area contributed by atoms with Gasteiger partial charge in [0.15, 0.2) is 5.65 Å². The molecule has 0 spiro atoms. The number of nitrogens with zero attached hydrogens (tertiary/aromatic N) is 5. The van der Waals surface area contributed by atoms with Gasteiger partial charge in [-0.15, -0.1) is 0 Å². The summed E-state index contributed by atoms with van der Waals surface area (Å²) in [6, 6.07) is 1.94. The first kappa shape index (κ1) is 15.7. The molecule has 0 aliphatic heterocycles. The lowest BCUT2D eigenvalue weighted by atomic mass is 10.4. The molecule has 22 heavy (non-hydrogen) atoms. The van der Waals surface area contributed by atoms with Crippen LogP contribution in [0.4, 0.5) is 11.6 Å². The predicted molar refractivity (Wildman–Crippen MR) is 97.2 cm³/mol. The molecule has 0 unspecified atom stereocenters. The molecule has 3 rings (SSSR count). The second kappa shape index (κ2) is 6.50. The number of anilines is 2. The number of fused-ring (bicyclic) bond motifs is 1. The number of halogens is 2. The number of nitrogens with one attached hydrogen (secondary N) is 1. The molecule has 3 aromatic heterocycles. The molecule has 0 aliphatic rings. The molecule has 0 saturated carbocycles. The van der Waals surface area contributed by atoms with E-state index in [0.29, 0.717) is 29.3 Å². The van der Waals surface area contributed by atoms with Crippen LogP contribution < -0.4 is 10.1 Å². The molecule has 1 N–H and O–H groups in total. The first-order chi connectivity index (χ1) is 10.6. The van der Waals surface area contributed by atoms with Crippen LogP contribution in [0.2, 0.25) is 5.15 Å². The Morgan fingerprint density at radius 1 is 1.45 bits per heavy atom. The minimum Gasteiger partial charge on any atom is -0.477 e. The smallest absolute Gasteiger partial charge is 0.232 e. The van der Waals surface area contributed by atoms with Crippen LogP contribution in [-0.4, -0.2) is 30.3 Å². The van der Waals surface area contributed by atoms with E-state index in [1.807, 2.05) is 23.2 Å². The second-order valence-corrected chi connectivity index (χ2v) is 6.40. The van der Waals surface area contributed by atoms with Crippen LogP contribution in [0.3, 0.4) is 0 Å². The fraction of sp³-hybridized carbons (Fsp3) is 0.250. The molecule has 0 aliphatic carbocycles.